The van der Waals surface area contributed by atoms with Crippen LogP contribution < -0.4 is 5.32 Å². The third-order valence-electron chi connectivity index (χ3n) is 5.32. The van der Waals surface area contributed by atoms with Gasteiger partial charge in [0.05, 0.1) is 5.57 Å². The van der Waals surface area contributed by atoms with Crippen LogP contribution in [-0.2, 0) is 9.47 Å². The number of fused-ring (bicyclic) bond motifs is 3. The molecule has 4 heteroatoms. The van der Waals surface area contributed by atoms with Gasteiger partial charge in [0.25, 0.3) is 5.95 Å². The summed E-state index contributed by atoms with van der Waals surface area (Å²) in [4.78, 5) is 0. The van der Waals surface area contributed by atoms with Crippen molar-refractivity contribution in [2.24, 2.45) is 0 Å². The Bertz CT molecular complexity index is 764. The van der Waals surface area contributed by atoms with Crippen LogP contribution in [0.5, 0.6) is 0 Å². The molecule has 0 saturated carbocycles. The molecule has 0 aromatic heterocycles. The molecule has 3 aliphatic rings. The molecule has 2 saturated heterocycles. The molecular formula is C21H22ClNO2. The predicted octanol–water partition coefficient (Wildman–Crippen LogP) is 4.36. The summed E-state index contributed by atoms with van der Waals surface area (Å²) in [6.07, 6.45) is 3.82. The fourth-order valence-corrected chi connectivity index (χ4v) is 4.13. The number of ether oxygens (including phenoxy) is 2. The normalized spacial score (nSPS) is 24.0. The Balaban J connectivity index is 0.00000157. The molecule has 1 unspecified atom stereocenters. The first-order valence-electron chi connectivity index (χ1n) is 8.88. The Morgan fingerprint density at radius 3 is 2.08 bits per heavy atom. The average molecular weight is 356 g/mol. The molecule has 130 valence electrons. The standard InChI is InChI=1S/C21H21NO2.ClH/c1-3-9-16-14(7-1)15-8-2-4-10-17(15)20(16)21-23-13-19(24-21)18-11-5-6-12-22-18;/h1-4,7-10,18-19,22H,5-6,11-13H2;1H/t18?,19-;/m1./s1. The summed E-state index contributed by atoms with van der Waals surface area (Å²) in [6, 6.07) is 17.4. The summed E-state index contributed by atoms with van der Waals surface area (Å²) in [5, 5.41) is 3.58. The smallest absolute Gasteiger partial charge is 0.288 e. The summed E-state index contributed by atoms with van der Waals surface area (Å²) in [5.74, 6) is 0.699. The van der Waals surface area contributed by atoms with Crippen LogP contribution in [0, 0.1) is 0 Å². The van der Waals surface area contributed by atoms with Crippen molar-refractivity contribution in [2.45, 2.75) is 31.4 Å². The first-order chi connectivity index (χ1) is 11.9. The van der Waals surface area contributed by atoms with Gasteiger partial charge in [-0.15, -0.1) is 12.4 Å². The van der Waals surface area contributed by atoms with Crippen LogP contribution in [0.25, 0.3) is 16.7 Å². The molecule has 2 fully saturated rings. The molecule has 0 radical (unpaired) electrons. The van der Waals surface area contributed by atoms with Gasteiger partial charge in [-0.1, -0.05) is 55.0 Å². The Morgan fingerprint density at radius 1 is 0.840 bits per heavy atom. The highest BCUT2D eigenvalue weighted by molar-refractivity contribution is 6.01. The lowest BCUT2D eigenvalue weighted by atomic mass is 10.0. The fraction of sp³-hybridized carbons (Fsp3) is 0.333. The second-order valence-corrected chi connectivity index (χ2v) is 6.78. The van der Waals surface area contributed by atoms with E-state index in [9.17, 15) is 0 Å². The minimum absolute atomic E-state index is 0. The molecule has 2 atom stereocenters. The van der Waals surface area contributed by atoms with Gasteiger partial charge in [0.2, 0.25) is 0 Å². The minimum Gasteiger partial charge on any atom is -0.461 e. The van der Waals surface area contributed by atoms with Gasteiger partial charge in [0.1, 0.15) is 6.61 Å². The first-order valence-corrected chi connectivity index (χ1v) is 8.88. The van der Waals surface area contributed by atoms with Crippen LogP contribution in [0.4, 0.5) is 0 Å². The number of piperidine rings is 1. The van der Waals surface area contributed by atoms with Gasteiger partial charge in [-0.3, -0.25) is 0 Å². The summed E-state index contributed by atoms with van der Waals surface area (Å²) in [6.45, 7) is 1.73. The highest BCUT2D eigenvalue weighted by atomic mass is 35.5. The quantitative estimate of drug-likeness (QED) is 0.703. The maximum atomic E-state index is 6.29. The Hall–Kier alpha value is -1.97. The lowest BCUT2D eigenvalue weighted by molar-refractivity contribution is 0.108. The van der Waals surface area contributed by atoms with Gasteiger partial charge in [0.15, 0.2) is 6.10 Å². The van der Waals surface area contributed by atoms with E-state index in [2.05, 4.69) is 53.8 Å². The SMILES string of the molecule is Cl.c1ccc2c(c1)C(=C1OC[C@H](C3CCCCN3)O1)c1ccccc1-2. The van der Waals surface area contributed by atoms with Crippen LogP contribution in [0.15, 0.2) is 54.5 Å². The zero-order valence-corrected chi connectivity index (χ0v) is 14.9. The summed E-state index contributed by atoms with van der Waals surface area (Å²) >= 11 is 0. The Morgan fingerprint density at radius 2 is 1.48 bits per heavy atom. The van der Waals surface area contributed by atoms with Crippen molar-refractivity contribution in [1.82, 2.24) is 5.32 Å². The predicted molar refractivity (Wildman–Crippen MR) is 102 cm³/mol. The van der Waals surface area contributed by atoms with Gasteiger partial charge in [-0.25, -0.2) is 0 Å². The van der Waals surface area contributed by atoms with Gasteiger partial charge in [-0.2, -0.15) is 0 Å². The van der Waals surface area contributed by atoms with Crippen molar-refractivity contribution < 1.29 is 9.47 Å². The van der Waals surface area contributed by atoms with Crippen LogP contribution in [0.3, 0.4) is 0 Å². The van der Waals surface area contributed by atoms with Gasteiger partial charge in [-0.05, 0) is 41.6 Å². The molecule has 2 aromatic rings. The molecule has 0 bridgehead atoms. The molecular weight excluding hydrogens is 334 g/mol. The van der Waals surface area contributed by atoms with Gasteiger partial charge in [0, 0.05) is 6.04 Å². The number of benzene rings is 2. The number of nitrogens with one attached hydrogen (secondary N) is 1. The van der Waals surface area contributed by atoms with Crippen LogP contribution in [0.2, 0.25) is 0 Å². The second kappa shape index (κ2) is 6.74. The minimum atomic E-state index is 0. The molecule has 0 spiro atoms. The van der Waals surface area contributed by atoms with E-state index in [1.54, 1.807) is 0 Å². The summed E-state index contributed by atoms with van der Waals surface area (Å²) < 4.78 is 12.3. The average Bonchev–Trinajstić information content (AvgIpc) is 3.25. The monoisotopic (exact) mass is 355 g/mol. The van der Waals surface area contributed by atoms with E-state index in [-0.39, 0.29) is 18.5 Å². The molecule has 2 heterocycles. The van der Waals surface area contributed by atoms with E-state index < -0.39 is 0 Å². The van der Waals surface area contributed by atoms with Crippen molar-refractivity contribution >= 4 is 18.0 Å². The molecule has 2 aromatic carbocycles. The van der Waals surface area contributed by atoms with Gasteiger partial charge < -0.3 is 14.8 Å². The van der Waals surface area contributed by atoms with Crippen molar-refractivity contribution in [3.8, 4) is 11.1 Å². The van der Waals surface area contributed by atoms with Crippen LogP contribution in [-0.4, -0.2) is 25.3 Å². The number of halogens is 1. The van der Waals surface area contributed by atoms with E-state index in [0.29, 0.717) is 18.6 Å². The van der Waals surface area contributed by atoms with E-state index in [1.165, 1.54) is 41.5 Å². The molecule has 25 heavy (non-hydrogen) atoms. The van der Waals surface area contributed by atoms with E-state index in [0.717, 1.165) is 12.1 Å². The van der Waals surface area contributed by atoms with E-state index in [4.69, 9.17) is 9.47 Å². The zero-order valence-electron chi connectivity index (χ0n) is 14.0. The van der Waals surface area contributed by atoms with E-state index >= 15 is 0 Å². The van der Waals surface area contributed by atoms with Crippen molar-refractivity contribution in [3.05, 3.63) is 65.6 Å². The third kappa shape index (κ3) is 2.72. The van der Waals surface area contributed by atoms with E-state index in [1.807, 2.05) is 0 Å². The fourth-order valence-electron chi connectivity index (χ4n) is 4.13. The number of hydrogen-bond donors (Lipinski definition) is 1. The largest absolute Gasteiger partial charge is 0.461 e. The molecule has 1 N–H and O–H groups in total. The lowest BCUT2D eigenvalue weighted by Crippen LogP contribution is -2.44. The summed E-state index contributed by atoms with van der Waals surface area (Å²) in [5.41, 5.74) is 6.07. The highest BCUT2D eigenvalue weighted by Gasteiger charge is 2.36. The zero-order chi connectivity index (χ0) is 15.9. The molecule has 2 aliphatic heterocycles. The Labute approximate surface area is 154 Å². The topological polar surface area (TPSA) is 30.5 Å². The third-order valence-corrected chi connectivity index (χ3v) is 5.32. The molecule has 5 rings (SSSR count). The van der Waals surface area contributed by atoms with Crippen LogP contribution in [0.1, 0.15) is 30.4 Å². The van der Waals surface area contributed by atoms with Crippen molar-refractivity contribution in [1.29, 1.82) is 0 Å². The molecule has 3 nitrogen and oxygen atoms in total. The first kappa shape index (κ1) is 16.5. The van der Waals surface area contributed by atoms with Crippen molar-refractivity contribution in [2.75, 3.05) is 13.2 Å². The highest BCUT2D eigenvalue weighted by Crippen LogP contribution is 2.46. The van der Waals surface area contributed by atoms with Gasteiger partial charge >= 0.3 is 0 Å². The second-order valence-electron chi connectivity index (χ2n) is 6.78. The van der Waals surface area contributed by atoms with Crippen LogP contribution >= 0.6 is 12.4 Å². The van der Waals surface area contributed by atoms with Crippen molar-refractivity contribution in [3.63, 3.8) is 0 Å². The maximum Gasteiger partial charge on any atom is 0.288 e. The lowest BCUT2D eigenvalue weighted by Gasteiger charge is -2.26. The molecule has 1 aliphatic carbocycles. The maximum absolute atomic E-state index is 6.29. The summed E-state index contributed by atoms with van der Waals surface area (Å²) in [7, 11) is 0. The number of hydrogen-bond acceptors (Lipinski definition) is 3. The number of rotatable bonds is 1. The Kier molecular flexibility index (Phi) is 4.45. The molecule has 0 amide bonds.